The maximum atomic E-state index is 6.04. The zero-order chi connectivity index (χ0) is 13.9. The van der Waals surface area contributed by atoms with Crippen molar-refractivity contribution in [1.29, 1.82) is 0 Å². The number of para-hydroxylation sites is 1. The Hall–Kier alpha value is -1.00. The van der Waals surface area contributed by atoms with Gasteiger partial charge in [0, 0.05) is 16.7 Å². The third kappa shape index (κ3) is 2.86. The number of benzene rings is 1. The lowest BCUT2D eigenvalue weighted by molar-refractivity contribution is 0.474. The Morgan fingerprint density at radius 2 is 2.00 bits per heavy atom. The Bertz CT molecular complexity index is 605. The van der Waals surface area contributed by atoms with Gasteiger partial charge in [-0.25, -0.2) is 9.97 Å². The summed E-state index contributed by atoms with van der Waals surface area (Å²) < 4.78 is 0. The first-order valence-corrected chi connectivity index (χ1v) is 8.66. The molecule has 1 heterocycles. The standard InChI is InChI=1S/C15H18ClN3S/c1-20-13-9-5-4-8-12(13)17-14-10-6-2-3-7-11(10)18-15(16)19-14/h2-3,6-7,12-13H,4-5,8-9H2,1H3,(H,17,18,19). The highest BCUT2D eigenvalue weighted by molar-refractivity contribution is 7.99. The van der Waals surface area contributed by atoms with E-state index in [1.807, 2.05) is 36.0 Å². The summed E-state index contributed by atoms with van der Waals surface area (Å²) in [6, 6.07) is 8.47. The Morgan fingerprint density at radius 1 is 1.20 bits per heavy atom. The van der Waals surface area contributed by atoms with Crippen LogP contribution in [0.3, 0.4) is 0 Å². The van der Waals surface area contributed by atoms with E-state index in [1.165, 1.54) is 25.7 Å². The van der Waals surface area contributed by atoms with Crippen LogP contribution in [0, 0.1) is 0 Å². The molecular weight excluding hydrogens is 290 g/mol. The summed E-state index contributed by atoms with van der Waals surface area (Å²) in [4.78, 5) is 8.68. The maximum Gasteiger partial charge on any atom is 0.224 e. The van der Waals surface area contributed by atoms with Gasteiger partial charge in [-0.15, -0.1) is 0 Å². The molecule has 5 heteroatoms. The van der Waals surface area contributed by atoms with Gasteiger partial charge in [0.25, 0.3) is 0 Å². The van der Waals surface area contributed by atoms with E-state index in [0.717, 1.165) is 16.7 Å². The van der Waals surface area contributed by atoms with E-state index in [1.54, 1.807) is 0 Å². The zero-order valence-corrected chi connectivity index (χ0v) is 13.0. The predicted octanol–water partition coefficient (Wildman–Crippen LogP) is 4.37. The van der Waals surface area contributed by atoms with E-state index in [2.05, 4.69) is 21.5 Å². The molecular formula is C15H18ClN3S. The van der Waals surface area contributed by atoms with Crippen molar-refractivity contribution in [2.75, 3.05) is 11.6 Å². The summed E-state index contributed by atoms with van der Waals surface area (Å²) in [7, 11) is 0. The highest BCUT2D eigenvalue weighted by Gasteiger charge is 2.25. The molecule has 3 rings (SSSR count). The van der Waals surface area contributed by atoms with Crippen molar-refractivity contribution < 1.29 is 0 Å². The van der Waals surface area contributed by atoms with Gasteiger partial charge in [-0.2, -0.15) is 11.8 Å². The van der Waals surface area contributed by atoms with Crippen molar-refractivity contribution in [3.8, 4) is 0 Å². The molecule has 1 aliphatic rings. The molecule has 2 unspecified atom stereocenters. The molecule has 20 heavy (non-hydrogen) atoms. The van der Waals surface area contributed by atoms with E-state index in [0.29, 0.717) is 16.6 Å². The normalized spacial score (nSPS) is 22.9. The van der Waals surface area contributed by atoms with E-state index >= 15 is 0 Å². The monoisotopic (exact) mass is 307 g/mol. The summed E-state index contributed by atoms with van der Waals surface area (Å²) in [6.07, 6.45) is 7.27. The average Bonchev–Trinajstić information content (AvgIpc) is 2.47. The van der Waals surface area contributed by atoms with Gasteiger partial charge in [0.15, 0.2) is 0 Å². The van der Waals surface area contributed by atoms with Gasteiger partial charge in [-0.1, -0.05) is 25.0 Å². The number of aromatic nitrogens is 2. The van der Waals surface area contributed by atoms with Crippen molar-refractivity contribution in [1.82, 2.24) is 9.97 Å². The Morgan fingerprint density at radius 3 is 2.85 bits per heavy atom. The number of fused-ring (bicyclic) bond motifs is 1. The van der Waals surface area contributed by atoms with Gasteiger partial charge in [0.1, 0.15) is 5.82 Å². The molecule has 0 bridgehead atoms. The van der Waals surface area contributed by atoms with Gasteiger partial charge in [0.05, 0.1) is 5.52 Å². The second kappa shape index (κ2) is 6.19. The first kappa shape index (κ1) is 14.0. The lowest BCUT2D eigenvalue weighted by atomic mass is 9.95. The number of anilines is 1. The lowest BCUT2D eigenvalue weighted by Crippen LogP contribution is -2.34. The largest absolute Gasteiger partial charge is 0.366 e. The molecule has 106 valence electrons. The quantitative estimate of drug-likeness (QED) is 0.855. The number of nitrogens with zero attached hydrogens (tertiary/aromatic N) is 2. The lowest BCUT2D eigenvalue weighted by Gasteiger charge is -2.31. The first-order valence-electron chi connectivity index (χ1n) is 6.99. The van der Waals surface area contributed by atoms with Crippen LogP contribution >= 0.6 is 23.4 Å². The van der Waals surface area contributed by atoms with Crippen molar-refractivity contribution in [3.05, 3.63) is 29.5 Å². The number of halogens is 1. The molecule has 2 aromatic rings. The van der Waals surface area contributed by atoms with Crippen LogP contribution in [0.5, 0.6) is 0 Å². The summed E-state index contributed by atoms with van der Waals surface area (Å²) >= 11 is 7.99. The Labute approximate surface area is 128 Å². The minimum absolute atomic E-state index is 0.308. The van der Waals surface area contributed by atoms with Crippen LogP contribution in [-0.4, -0.2) is 27.5 Å². The SMILES string of the molecule is CSC1CCCCC1Nc1nc(Cl)nc2ccccc12. The Balaban J connectivity index is 1.93. The van der Waals surface area contributed by atoms with Crippen LogP contribution < -0.4 is 5.32 Å². The molecule has 1 aromatic carbocycles. The second-order valence-electron chi connectivity index (χ2n) is 5.17. The molecule has 3 nitrogen and oxygen atoms in total. The van der Waals surface area contributed by atoms with Crippen molar-refractivity contribution in [3.63, 3.8) is 0 Å². The number of rotatable bonds is 3. The molecule has 0 amide bonds. The average molecular weight is 308 g/mol. The zero-order valence-electron chi connectivity index (χ0n) is 11.5. The minimum Gasteiger partial charge on any atom is -0.366 e. The van der Waals surface area contributed by atoms with Gasteiger partial charge in [-0.3, -0.25) is 0 Å². The molecule has 2 atom stereocenters. The van der Waals surface area contributed by atoms with Crippen LogP contribution in [0.15, 0.2) is 24.3 Å². The number of nitrogens with one attached hydrogen (secondary N) is 1. The summed E-state index contributed by atoms with van der Waals surface area (Å²) in [5.74, 6) is 0.867. The molecule has 1 aliphatic carbocycles. The van der Waals surface area contributed by atoms with Gasteiger partial charge < -0.3 is 5.32 Å². The molecule has 1 N–H and O–H groups in total. The fourth-order valence-electron chi connectivity index (χ4n) is 2.88. The molecule has 1 aromatic heterocycles. The third-order valence-electron chi connectivity index (χ3n) is 3.90. The molecule has 1 fully saturated rings. The second-order valence-corrected chi connectivity index (χ2v) is 6.58. The third-order valence-corrected chi connectivity index (χ3v) is 5.24. The van der Waals surface area contributed by atoms with E-state index < -0.39 is 0 Å². The minimum atomic E-state index is 0.308. The van der Waals surface area contributed by atoms with Crippen molar-refractivity contribution in [2.45, 2.75) is 37.0 Å². The summed E-state index contributed by atoms with van der Waals surface area (Å²) in [5.41, 5.74) is 0.895. The van der Waals surface area contributed by atoms with Crippen LogP contribution in [0.1, 0.15) is 25.7 Å². The maximum absolute atomic E-state index is 6.04. The molecule has 0 spiro atoms. The fourth-order valence-corrected chi connectivity index (χ4v) is 3.99. The first-order chi connectivity index (χ1) is 9.78. The fraction of sp³-hybridized carbons (Fsp3) is 0.467. The molecule has 0 radical (unpaired) electrons. The number of thioether (sulfide) groups is 1. The van der Waals surface area contributed by atoms with E-state index in [4.69, 9.17) is 11.6 Å². The summed E-state index contributed by atoms with van der Waals surface area (Å²) in [5, 5.41) is 5.61. The van der Waals surface area contributed by atoms with Crippen molar-refractivity contribution in [2.24, 2.45) is 0 Å². The molecule has 0 saturated heterocycles. The summed E-state index contributed by atoms with van der Waals surface area (Å²) in [6.45, 7) is 0. The Kier molecular flexibility index (Phi) is 4.32. The van der Waals surface area contributed by atoms with Gasteiger partial charge in [0.2, 0.25) is 5.28 Å². The molecule has 1 saturated carbocycles. The number of hydrogen-bond acceptors (Lipinski definition) is 4. The van der Waals surface area contributed by atoms with E-state index in [9.17, 15) is 0 Å². The van der Waals surface area contributed by atoms with Gasteiger partial charge >= 0.3 is 0 Å². The number of hydrogen-bond donors (Lipinski definition) is 1. The topological polar surface area (TPSA) is 37.8 Å². The smallest absolute Gasteiger partial charge is 0.224 e. The van der Waals surface area contributed by atoms with Gasteiger partial charge in [-0.05, 0) is 42.8 Å². The predicted molar refractivity (Wildman–Crippen MR) is 87.7 cm³/mol. The highest BCUT2D eigenvalue weighted by Crippen LogP contribution is 2.31. The van der Waals surface area contributed by atoms with Crippen LogP contribution in [0.4, 0.5) is 5.82 Å². The molecule has 0 aliphatic heterocycles. The van der Waals surface area contributed by atoms with Crippen LogP contribution in [-0.2, 0) is 0 Å². The van der Waals surface area contributed by atoms with E-state index in [-0.39, 0.29) is 0 Å². The van der Waals surface area contributed by atoms with Crippen LogP contribution in [0.25, 0.3) is 10.9 Å². The van der Waals surface area contributed by atoms with Crippen LogP contribution in [0.2, 0.25) is 5.28 Å². The highest BCUT2D eigenvalue weighted by atomic mass is 35.5. The van der Waals surface area contributed by atoms with Crippen molar-refractivity contribution >= 4 is 40.1 Å².